The molecule has 0 aromatic carbocycles. The van der Waals surface area contributed by atoms with E-state index in [4.69, 9.17) is 14.2 Å². The third kappa shape index (κ3) is 43.8. The minimum absolute atomic E-state index is 0.0642. The lowest BCUT2D eigenvalue weighted by Crippen LogP contribution is -2.30. The van der Waals surface area contributed by atoms with Gasteiger partial charge in [0.1, 0.15) is 13.2 Å². The largest absolute Gasteiger partial charge is 0.462 e. The van der Waals surface area contributed by atoms with E-state index in [0.29, 0.717) is 19.3 Å². The molecule has 0 rings (SSSR count). The molecule has 0 bridgehead atoms. The van der Waals surface area contributed by atoms with E-state index in [9.17, 15) is 14.4 Å². The van der Waals surface area contributed by atoms with Crippen molar-refractivity contribution in [3.8, 4) is 0 Å². The predicted octanol–water partition coefficient (Wildman–Crippen LogP) is 16.1. The van der Waals surface area contributed by atoms with Gasteiger partial charge in [0.15, 0.2) is 6.10 Å². The van der Waals surface area contributed by atoms with Crippen LogP contribution in [0.1, 0.15) is 279 Å². The Labute approximate surface area is 355 Å². The van der Waals surface area contributed by atoms with Gasteiger partial charge in [-0.25, -0.2) is 0 Å². The van der Waals surface area contributed by atoms with Crippen molar-refractivity contribution in [3.05, 3.63) is 0 Å². The first kappa shape index (κ1) is 55.4. The Kier molecular flexibility index (Phi) is 42.7. The second-order valence-corrected chi connectivity index (χ2v) is 18.2. The number of unbranched alkanes of at least 4 members (excludes halogenated alkanes) is 29. The van der Waals surface area contributed by atoms with Gasteiger partial charge < -0.3 is 14.2 Å². The van der Waals surface area contributed by atoms with E-state index < -0.39 is 6.10 Å². The molecule has 0 aliphatic rings. The monoisotopic (exact) mass is 807 g/mol. The molecule has 1 unspecified atom stereocenters. The van der Waals surface area contributed by atoms with Gasteiger partial charge in [-0.15, -0.1) is 0 Å². The first-order valence-electron chi connectivity index (χ1n) is 25.3. The molecule has 0 radical (unpaired) electrons. The van der Waals surface area contributed by atoms with Crippen LogP contribution in [0.2, 0.25) is 0 Å². The molecule has 0 amide bonds. The summed E-state index contributed by atoms with van der Waals surface area (Å²) in [7, 11) is 0. The van der Waals surface area contributed by atoms with Crippen molar-refractivity contribution in [3.63, 3.8) is 0 Å². The van der Waals surface area contributed by atoms with E-state index in [1.807, 2.05) is 0 Å². The SMILES string of the molecule is CCCCCCCCCCCC(=O)OC[C@@H](COC(=O)CCCCCCCCCCCCCCCCC(C)CC)OC(=O)CCCCCCCCCCCC(C)C. The van der Waals surface area contributed by atoms with Gasteiger partial charge in [0.2, 0.25) is 0 Å². The summed E-state index contributed by atoms with van der Waals surface area (Å²) in [5.74, 6) is 0.848. The summed E-state index contributed by atoms with van der Waals surface area (Å²) >= 11 is 0. The fourth-order valence-corrected chi connectivity index (χ4v) is 7.60. The van der Waals surface area contributed by atoms with E-state index in [2.05, 4.69) is 34.6 Å². The minimum atomic E-state index is -0.760. The van der Waals surface area contributed by atoms with Crippen LogP contribution in [0, 0.1) is 11.8 Å². The summed E-state index contributed by atoms with van der Waals surface area (Å²) in [6, 6.07) is 0. The van der Waals surface area contributed by atoms with Crippen LogP contribution < -0.4 is 0 Å². The number of hydrogen-bond acceptors (Lipinski definition) is 6. The Morgan fingerprint density at radius 2 is 0.667 bits per heavy atom. The third-order valence-electron chi connectivity index (χ3n) is 11.8. The molecule has 0 aromatic rings. The van der Waals surface area contributed by atoms with E-state index in [1.165, 1.54) is 167 Å². The van der Waals surface area contributed by atoms with E-state index in [0.717, 1.165) is 69.6 Å². The van der Waals surface area contributed by atoms with Crippen molar-refractivity contribution in [2.75, 3.05) is 13.2 Å². The Bertz CT molecular complexity index is 872. The summed E-state index contributed by atoms with van der Waals surface area (Å²) in [6.07, 6.45) is 43.7. The molecule has 0 aliphatic carbocycles. The third-order valence-corrected chi connectivity index (χ3v) is 11.8. The number of carbonyl (C=O) groups is 3. The van der Waals surface area contributed by atoms with Crippen LogP contribution in [0.3, 0.4) is 0 Å². The number of hydrogen-bond donors (Lipinski definition) is 0. The molecule has 57 heavy (non-hydrogen) atoms. The highest BCUT2D eigenvalue weighted by Gasteiger charge is 2.19. The first-order chi connectivity index (χ1) is 27.8. The van der Waals surface area contributed by atoms with Gasteiger partial charge in [-0.05, 0) is 31.1 Å². The highest BCUT2D eigenvalue weighted by molar-refractivity contribution is 5.71. The lowest BCUT2D eigenvalue weighted by molar-refractivity contribution is -0.167. The van der Waals surface area contributed by atoms with Crippen molar-refractivity contribution in [2.24, 2.45) is 11.8 Å². The second kappa shape index (κ2) is 44.0. The molecule has 6 heteroatoms. The summed E-state index contributed by atoms with van der Waals surface area (Å²) in [6.45, 7) is 11.4. The molecule has 0 heterocycles. The summed E-state index contributed by atoms with van der Waals surface area (Å²) < 4.78 is 16.8. The van der Waals surface area contributed by atoms with E-state index in [-0.39, 0.29) is 31.1 Å². The number of rotatable bonds is 45. The normalized spacial score (nSPS) is 12.5. The molecule has 0 saturated heterocycles. The molecule has 0 fully saturated rings. The van der Waals surface area contributed by atoms with Gasteiger partial charge in [0.05, 0.1) is 0 Å². The van der Waals surface area contributed by atoms with E-state index >= 15 is 0 Å². The quantitative estimate of drug-likeness (QED) is 0.0346. The van der Waals surface area contributed by atoms with Crippen LogP contribution in [-0.2, 0) is 28.6 Å². The lowest BCUT2D eigenvalue weighted by atomic mass is 9.99. The van der Waals surface area contributed by atoms with Gasteiger partial charge in [-0.3, -0.25) is 14.4 Å². The number of esters is 3. The van der Waals surface area contributed by atoms with Crippen LogP contribution in [-0.4, -0.2) is 37.2 Å². The smallest absolute Gasteiger partial charge is 0.306 e. The molecule has 338 valence electrons. The van der Waals surface area contributed by atoms with Crippen molar-refractivity contribution in [1.82, 2.24) is 0 Å². The Balaban J connectivity index is 4.24. The Morgan fingerprint density at radius 1 is 0.368 bits per heavy atom. The van der Waals surface area contributed by atoms with Crippen molar-refractivity contribution >= 4 is 17.9 Å². The zero-order valence-corrected chi connectivity index (χ0v) is 39.0. The molecule has 6 nitrogen and oxygen atoms in total. The van der Waals surface area contributed by atoms with Crippen molar-refractivity contribution in [1.29, 1.82) is 0 Å². The van der Waals surface area contributed by atoms with Crippen LogP contribution in [0.5, 0.6) is 0 Å². The average Bonchev–Trinajstić information content (AvgIpc) is 3.19. The summed E-state index contributed by atoms with van der Waals surface area (Å²) in [4.78, 5) is 37.8. The number of carbonyl (C=O) groups excluding carboxylic acids is 3. The van der Waals surface area contributed by atoms with Crippen LogP contribution in [0.25, 0.3) is 0 Å². The molecule has 0 saturated carbocycles. The van der Waals surface area contributed by atoms with Crippen molar-refractivity contribution < 1.29 is 28.6 Å². The molecule has 0 N–H and O–H groups in total. The second-order valence-electron chi connectivity index (χ2n) is 18.2. The van der Waals surface area contributed by atoms with Crippen molar-refractivity contribution in [2.45, 2.75) is 285 Å². The lowest BCUT2D eigenvalue weighted by Gasteiger charge is -2.18. The van der Waals surface area contributed by atoms with Crippen LogP contribution in [0.4, 0.5) is 0 Å². The maximum Gasteiger partial charge on any atom is 0.306 e. The zero-order chi connectivity index (χ0) is 41.9. The standard InChI is InChI=1S/C51H98O6/c1-6-8-9-10-11-19-26-31-36-41-49(52)55-44-48(57-51(54)43-38-33-28-23-18-20-24-29-34-39-46(3)4)45-56-50(53)42-37-32-27-22-17-15-13-12-14-16-21-25-30-35-40-47(5)7-2/h46-48H,6-45H2,1-5H3/t47?,48-/m0/s1. The predicted molar refractivity (Wildman–Crippen MR) is 243 cm³/mol. The molecular formula is C51H98O6. The minimum Gasteiger partial charge on any atom is -0.462 e. The zero-order valence-electron chi connectivity index (χ0n) is 39.0. The average molecular weight is 807 g/mol. The molecule has 0 aromatic heterocycles. The molecule has 0 spiro atoms. The van der Waals surface area contributed by atoms with Gasteiger partial charge >= 0.3 is 17.9 Å². The fourth-order valence-electron chi connectivity index (χ4n) is 7.60. The Hall–Kier alpha value is -1.59. The van der Waals surface area contributed by atoms with Gasteiger partial charge in [-0.1, -0.05) is 240 Å². The first-order valence-corrected chi connectivity index (χ1v) is 25.3. The fraction of sp³-hybridized carbons (Fsp3) is 0.941. The Morgan fingerprint density at radius 3 is 1.00 bits per heavy atom. The summed E-state index contributed by atoms with van der Waals surface area (Å²) in [5, 5.41) is 0. The topological polar surface area (TPSA) is 78.9 Å². The number of ether oxygens (including phenoxy) is 3. The van der Waals surface area contributed by atoms with Crippen LogP contribution >= 0.6 is 0 Å². The highest BCUT2D eigenvalue weighted by Crippen LogP contribution is 2.18. The van der Waals surface area contributed by atoms with Gasteiger partial charge in [0.25, 0.3) is 0 Å². The molecule has 0 aliphatic heterocycles. The highest BCUT2D eigenvalue weighted by atomic mass is 16.6. The summed E-state index contributed by atoms with van der Waals surface area (Å²) in [5.41, 5.74) is 0. The van der Waals surface area contributed by atoms with Crippen LogP contribution in [0.15, 0.2) is 0 Å². The molecular weight excluding hydrogens is 709 g/mol. The van der Waals surface area contributed by atoms with E-state index in [1.54, 1.807) is 0 Å². The molecule has 2 atom stereocenters. The van der Waals surface area contributed by atoms with Gasteiger partial charge in [0, 0.05) is 19.3 Å². The maximum absolute atomic E-state index is 12.7. The van der Waals surface area contributed by atoms with Gasteiger partial charge in [-0.2, -0.15) is 0 Å². The maximum atomic E-state index is 12.7.